The summed E-state index contributed by atoms with van der Waals surface area (Å²) in [6.07, 6.45) is 2.53. The first-order chi connectivity index (χ1) is 11.2. The molecule has 0 aromatic carbocycles. The van der Waals surface area contributed by atoms with Gasteiger partial charge in [-0.25, -0.2) is 21.6 Å². The van der Waals surface area contributed by atoms with Crippen LogP contribution < -0.4 is 5.32 Å². The van der Waals surface area contributed by atoms with Crippen LogP contribution in [-0.2, 0) is 24.4 Å². The average molecular weight is 380 g/mol. The van der Waals surface area contributed by atoms with Crippen molar-refractivity contribution in [2.75, 3.05) is 36.2 Å². The Morgan fingerprint density at radius 2 is 1.75 bits per heavy atom. The van der Waals surface area contributed by atoms with E-state index in [1.54, 1.807) is 4.90 Å². The normalized spacial score (nSPS) is 34.2. The first-order valence-electron chi connectivity index (χ1n) is 8.34. The molecule has 0 aliphatic carbocycles. The van der Waals surface area contributed by atoms with E-state index in [9.17, 15) is 21.6 Å². The standard InChI is InChI=1S/C14H24N2O6S2/c17-14(15-11-3-6-23(18,19)9-11)16(8-13-2-1-5-22-13)12-4-7-24(20,21)10-12/h11-13H,1-10H2,(H,15,17). The predicted octanol–water partition coefficient (Wildman–Crippen LogP) is -0.449. The van der Waals surface area contributed by atoms with Crippen LogP contribution in [0.5, 0.6) is 0 Å². The number of hydrogen-bond donors (Lipinski definition) is 1. The van der Waals surface area contributed by atoms with Crippen molar-refractivity contribution in [3.8, 4) is 0 Å². The van der Waals surface area contributed by atoms with Crippen LogP contribution in [0, 0.1) is 0 Å². The second-order valence-corrected chi connectivity index (χ2v) is 11.4. The maximum absolute atomic E-state index is 12.7. The van der Waals surface area contributed by atoms with Crippen LogP contribution in [-0.4, -0.2) is 82.1 Å². The lowest BCUT2D eigenvalue weighted by atomic mass is 10.1. The fourth-order valence-corrected chi connectivity index (χ4v) is 7.00. The molecule has 3 fully saturated rings. The maximum Gasteiger partial charge on any atom is 0.318 e. The number of nitrogens with zero attached hydrogens (tertiary/aromatic N) is 1. The molecule has 0 spiro atoms. The quantitative estimate of drug-likeness (QED) is 0.707. The van der Waals surface area contributed by atoms with Crippen LogP contribution in [0.1, 0.15) is 25.7 Å². The molecule has 0 aromatic rings. The molecule has 3 unspecified atom stereocenters. The number of nitrogens with one attached hydrogen (secondary N) is 1. The Bertz CT molecular complexity index is 684. The molecule has 3 aliphatic heterocycles. The molecule has 138 valence electrons. The van der Waals surface area contributed by atoms with E-state index in [-0.39, 0.29) is 41.2 Å². The monoisotopic (exact) mass is 380 g/mol. The molecule has 3 heterocycles. The van der Waals surface area contributed by atoms with Gasteiger partial charge in [-0.2, -0.15) is 0 Å². The summed E-state index contributed by atoms with van der Waals surface area (Å²) in [7, 11) is -6.19. The fraction of sp³-hybridized carbons (Fsp3) is 0.929. The van der Waals surface area contributed by atoms with Gasteiger partial charge in [-0.1, -0.05) is 0 Å². The molecule has 3 saturated heterocycles. The van der Waals surface area contributed by atoms with Gasteiger partial charge in [0.2, 0.25) is 0 Å². The van der Waals surface area contributed by atoms with Crippen LogP contribution in [0.4, 0.5) is 4.79 Å². The largest absolute Gasteiger partial charge is 0.376 e. The second-order valence-electron chi connectivity index (χ2n) is 6.89. The number of rotatable bonds is 4. The molecule has 0 radical (unpaired) electrons. The van der Waals surface area contributed by atoms with E-state index < -0.39 is 25.7 Å². The smallest absolute Gasteiger partial charge is 0.318 e. The zero-order valence-electron chi connectivity index (χ0n) is 13.5. The Hall–Kier alpha value is -0.870. The summed E-state index contributed by atoms with van der Waals surface area (Å²) in [5, 5.41) is 2.77. The Labute approximate surface area is 142 Å². The highest BCUT2D eigenvalue weighted by atomic mass is 32.2. The van der Waals surface area contributed by atoms with Crippen molar-refractivity contribution in [2.45, 2.75) is 43.9 Å². The Kier molecular flexibility index (Phi) is 5.08. The van der Waals surface area contributed by atoms with E-state index in [0.29, 0.717) is 26.0 Å². The number of ether oxygens (including phenoxy) is 1. The van der Waals surface area contributed by atoms with Crippen LogP contribution in [0.15, 0.2) is 0 Å². The summed E-state index contributed by atoms with van der Waals surface area (Å²) in [5.41, 5.74) is 0. The topological polar surface area (TPSA) is 110 Å². The minimum absolute atomic E-state index is 0.0316. The Morgan fingerprint density at radius 1 is 1.04 bits per heavy atom. The molecule has 0 bridgehead atoms. The summed E-state index contributed by atoms with van der Waals surface area (Å²) in [6.45, 7) is 1.01. The van der Waals surface area contributed by atoms with E-state index in [2.05, 4.69) is 5.32 Å². The SMILES string of the molecule is O=C(NC1CCS(=O)(=O)C1)N(CC1CCCO1)C1CCS(=O)(=O)C1. The first kappa shape index (κ1) is 17.9. The van der Waals surface area contributed by atoms with Gasteiger partial charge in [-0.05, 0) is 25.7 Å². The molecular formula is C14H24N2O6S2. The second kappa shape index (κ2) is 6.80. The zero-order chi connectivity index (χ0) is 17.4. The predicted molar refractivity (Wildman–Crippen MR) is 88.3 cm³/mol. The van der Waals surface area contributed by atoms with Crippen molar-refractivity contribution < 1.29 is 26.4 Å². The van der Waals surface area contributed by atoms with Gasteiger partial charge in [0.05, 0.1) is 29.1 Å². The number of amides is 2. The molecular weight excluding hydrogens is 356 g/mol. The maximum atomic E-state index is 12.7. The number of sulfone groups is 2. The molecule has 0 saturated carbocycles. The number of urea groups is 1. The van der Waals surface area contributed by atoms with Crippen molar-refractivity contribution in [1.29, 1.82) is 0 Å². The van der Waals surface area contributed by atoms with Crippen LogP contribution in [0.2, 0.25) is 0 Å². The number of carbonyl (C=O) groups is 1. The summed E-state index contributed by atoms with van der Waals surface area (Å²) in [5.74, 6) is 0.0951. The lowest BCUT2D eigenvalue weighted by Crippen LogP contribution is -2.52. The van der Waals surface area contributed by atoms with Gasteiger partial charge >= 0.3 is 6.03 Å². The van der Waals surface area contributed by atoms with Crippen LogP contribution >= 0.6 is 0 Å². The molecule has 1 N–H and O–H groups in total. The molecule has 0 aromatic heterocycles. The Balaban J connectivity index is 1.67. The third kappa shape index (κ3) is 4.40. The van der Waals surface area contributed by atoms with Gasteiger partial charge in [0.1, 0.15) is 0 Å². The highest BCUT2D eigenvalue weighted by Gasteiger charge is 2.38. The van der Waals surface area contributed by atoms with Crippen molar-refractivity contribution >= 4 is 25.7 Å². The van der Waals surface area contributed by atoms with E-state index >= 15 is 0 Å². The molecule has 10 heteroatoms. The summed E-state index contributed by atoms with van der Waals surface area (Å²) >= 11 is 0. The summed E-state index contributed by atoms with van der Waals surface area (Å²) in [6, 6.07) is -1.14. The van der Waals surface area contributed by atoms with Crippen LogP contribution in [0.3, 0.4) is 0 Å². The third-order valence-corrected chi connectivity index (χ3v) is 8.41. The van der Waals surface area contributed by atoms with Crippen molar-refractivity contribution in [3.05, 3.63) is 0 Å². The van der Waals surface area contributed by atoms with Gasteiger partial charge in [0.15, 0.2) is 19.7 Å². The minimum atomic E-state index is -3.11. The Morgan fingerprint density at radius 3 is 2.29 bits per heavy atom. The van der Waals surface area contributed by atoms with Crippen molar-refractivity contribution in [1.82, 2.24) is 10.2 Å². The molecule has 24 heavy (non-hydrogen) atoms. The van der Waals surface area contributed by atoms with Crippen molar-refractivity contribution in [2.24, 2.45) is 0 Å². The fourth-order valence-electron chi connectivity index (χ4n) is 3.59. The zero-order valence-corrected chi connectivity index (χ0v) is 15.1. The average Bonchev–Trinajstić information content (AvgIpc) is 3.17. The van der Waals surface area contributed by atoms with Gasteiger partial charge in [-0.15, -0.1) is 0 Å². The van der Waals surface area contributed by atoms with Crippen molar-refractivity contribution in [3.63, 3.8) is 0 Å². The van der Waals surface area contributed by atoms with Crippen LogP contribution in [0.25, 0.3) is 0 Å². The van der Waals surface area contributed by atoms with E-state index in [1.807, 2.05) is 0 Å². The molecule has 2 amide bonds. The molecule has 3 atom stereocenters. The third-order valence-electron chi connectivity index (χ3n) is 4.89. The highest BCUT2D eigenvalue weighted by molar-refractivity contribution is 7.91. The van der Waals surface area contributed by atoms with E-state index in [1.165, 1.54) is 0 Å². The van der Waals surface area contributed by atoms with Gasteiger partial charge in [-0.3, -0.25) is 0 Å². The number of carbonyl (C=O) groups excluding carboxylic acids is 1. The highest BCUT2D eigenvalue weighted by Crippen LogP contribution is 2.22. The van der Waals surface area contributed by atoms with E-state index in [0.717, 1.165) is 12.8 Å². The first-order valence-corrected chi connectivity index (χ1v) is 12.0. The van der Waals surface area contributed by atoms with E-state index in [4.69, 9.17) is 4.74 Å². The van der Waals surface area contributed by atoms with Gasteiger partial charge in [0, 0.05) is 25.2 Å². The van der Waals surface area contributed by atoms with Gasteiger partial charge < -0.3 is 15.0 Å². The summed E-state index contributed by atoms with van der Waals surface area (Å²) in [4.78, 5) is 14.2. The minimum Gasteiger partial charge on any atom is -0.376 e. The molecule has 3 aliphatic rings. The van der Waals surface area contributed by atoms with Gasteiger partial charge in [0.25, 0.3) is 0 Å². The summed E-state index contributed by atoms with van der Waals surface area (Å²) < 4.78 is 52.2. The molecule has 3 rings (SSSR count). The lowest BCUT2D eigenvalue weighted by molar-refractivity contribution is 0.0717. The number of hydrogen-bond acceptors (Lipinski definition) is 6. The molecule has 8 nitrogen and oxygen atoms in total. The lowest BCUT2D eigenvalue weighted by Gasteiger charge is -2.31.